The molecule has 1 amide bonds. The molecule has 2 heterocycles. The zero-order valence-corrected chi connectivity index (χ0v) is 30.2. The first-order valence-electron chi connectivity index (χ1n) is 17.7. The van der Waals surface area contributed by atoms with E-state index >= 15 is 0 Å². The van der Waals surface area contributed by atoms with Gasteiger partial charge in [-0.2, -0.15) is 0 Å². The number of amides is 1. The molecule has 8 rings (SSSR count). The Morgan fingerprint density at radius 3 is 1.96 bits per heavy atom. The van der Waals surface area contributed by atoms with Gasteiger partial charge in [0.1, 0.15) is 11.5 Å². The Morgan fingerprint density at radius 1 is 0.824 bits per heavy atom. The molecule has 4 aromatic rings. The highest BCUT2D eigenvalue weighted by Gasteiger charge is 2.41. The molecule has 51 heavy (non-hydrogen) atoms. The third kappa shape index (κ3) is 6.16. The summed E-state index contributed by atoms with van der Waals surface area (Å²) in [6, 6.07) is 21.2. The lowest BCUT2D eigenvalue weighted by Crippen LogP contribution is -2.51. The predicted octanol–water partition coefficient (Wildman–Crippen LogP) is 7.87. The van der Waals surface area contributed by atoms with E-state index in [0.717, 1.165) is 89.1 Å². The van der Waals surface area contributed by atoms with Crippen LogP contribution >= 0.6 is 23.2 Å². The van der Waals surface area contributed by atoms with Gasteiger partial charge >= 0.3 is 5.97 Å². The average Bonchev–Trinajstić information content (AvgIpc) is 3.84. The molecule has 0 spiro atoms. The van der Waals surface area contributed by atoms with Crippen LogP contribution in [0.4, 0.5) is 0 Å². The van der Waals surface area contributed by atoms with Crippen LogP contribution in [0.5, 0.6) is 11.5 Å². The van der Waals surface area contributed by atoms with Crippen molar-refractivity contribution in [3.8, 4) is 44.9 Å². The molecular formula is C41H41Cl2N3O5. The zero-order valence-electron chi connectivity index (χ0n) is 28.7. The fraction of sp³-hybridized carbons (Fsp3) is 0.366. The van der Waals surface area contributed by atoms with Crippen LogP contribution < -0.4 is 20.1 Å². The van der Waals surface area contributed by atoms with Gasteiger partial charge in [0.2, 0.25) is 5.91 Å². The summed E-state index contributed by atoms with van der Waals surface area (Å²) in [7, 11) is 3.40. The lowest BCUT2D eigenvalue weighted by molar-refractivity contribution is -0.148. The molecule has 264 valence electrons. The fourth-order valence-electron chi connectivity index (χ4n) is 8.62. The van der Waals surface area contributed by atoms with E-state index in [0.29, 0.717) is 29.6 Å². The number of carboxylic acids is 1. The highest BCUT2D eigenvalue weighted by atomic mass is 35.5. The normalized spacial score (nSPS) is 21.3. The number of hydrogen-bond donors (Lipinski definition) is 3. The van der Waals surface area contributed by atoms with Crippen LogP contribution in [0, 0.1) is 5.92 Å². The van der Waals surface area contributed by atoms with E-state index < -0.39 is 5.97 Å². The summed E-state index contributed by atoms with van der Waals surface area (Å²) in [5, 5.41) is 17.4. The van der Waals surface area contributed by atoms with Gasteiger partial charge < -0.3 is 25.2 Å². The summed E-state index contributed by atoms with van der Waals surface area (Å²) < 4.78 is 11.9. The van der Waals surface area contributed by atoms with Crippen molar-refractivity contribution in [3.63, 3.8) is 0 Å². The van der Waals surface area contributed by atoms with Crippen molar-refractivity contribution in [3.05, 3.63) is 93.0 Å². The Morgan fingerprint density at radius 2 is 1.39 bits per heavy atom. The topological polar surface area (TPSA) is 100 Å². The Bertz CT molecular complexity index is 2040. The van der Waals surface area contributed by atoms with Crippen LogP contribution in [-0.2, 0) is 22.4 Å². The van der Waals surface area contributed by atoms with Crippen LogP contribution in [0.15, 0.2) is 60.7 Å². The maximum atomic E-state index is 11.7. The van der Waals surface area contributed by atoms with Crippen molar-refractivity contribution in [2.45, 2.75) is 56.7 Å². The van der Waals surface area contributed by atoms with E-state index in [1.807, 2.05) is 36.4 Å². The van der Waals surface area contributed by atoms with E-state index in [2.05, 4.69) is 39.8 Å². The van der Waals surface area contributed by atoms with Gasteiger partial charge in [0.15, 0.2) is 0 Å². The number of rotatable bonds is 10. The second-order valence-corrected chi connectivity index (χ2v) is 14.9. The lowest BCUT2D eigenvalue weighted by atomic mass is 9.92. The molecular weight excluding hydrogens is 685 g/mol. The Labute approximate surface area is 308 Å². The predicted molar refractivity (Wildman–Crippen MR) is 200 cm³/mol. The summed E-state index contributed by atoms with van der Waals surface area (Å²) >= 11 is 14.5. The number of benzene rings is 4. The number of likely N-dealkylation sites (tertiary alicyclic amines) is 1. The fourth-order valence-corrected chi connectivity index (χ4v) is 9.29. The second-order valence-electron chi connectivity index (χ2n) is 14.2. The van der Waals surface area contributed by atoms with Crippen LogP contribution in [0.3, 0.4) is 0 Å². The van der Waals surface area contributed by atoms with Gasteiger partial charge in [-0.25, -0.2) is 0 Å². The standard InChI is InChI=1S/C41H41Cl2N3O5/c1-50-34-17-24(15-22-9-12-32(37(22)34)44-19-27-11-14-36(47)45-27)28-5-3-7-30(39(28)42)31-8-4-6-29(40(31)43)25-16-23-10-13-33(38(23)35(18-25)51-2)46-20-26(21-46)41(48)49/h3-8,15-18,26-27,32-33,44H,9-14,19-21H2,1-2H3,(H,45,47)(H,48,49)/t27-,32+,33-/m0/s1. The van der Waals surface area contributed by atoms with Gasteiger partial charge in [-0.1, -0.05) is 71.7 Å². The van der Waals surface area contributed by atoms with Gasteiger partial charge in [-0.05, 0) is 66.5 Å². The Hall–Kier alpha value is -4.08. The van der Waals surface area contributed by atoms with E-state index in [4.69, 9.17) is 32.7 Å². The molecule has 0 radical (unpaired) electrons. The summed E-state index contributed by atoms with van der Waals surface area (Å²) in [6.07, 6.45) is 5.17. The summed E-state index contributed by atoms with van der Waals surface area (Å²) in [5.74, 6) is 0.733. The molecule has 8 nitrogen and oxygen atoms in total. The molecule has 3 atom stereocenters. The van der Waals surface area contributed by atoms with Crippen LogP contribution in [-0.4, -0.2) is 61.8 Å². The van der Waals surface area contributed by atoms with Gasteiger partial charge in [0, 0.05) is 77.6 Å². The van der Waals surface area contributed by atoms with E-state index in [1.165, 1.54) is 16.7 Å². The summed E-state index contributed by atoms with van der Waals surface area (Å²) in [4.78, 5) is 25.4. The summed E-state index contributed by atoms with van der Waals surface area (Å²) in [6.45, 7) is 1.87. The van der Waals surface area contributed by atoms with Gasteiger partial charge in [-0.15, -0.1) is 0 Å². The Kier molecular flexibility index (Phi) is 9.21. The third-order valence-corrected chi connectivity index (χ3v) is 12.1. The smallest absolute Gasteiger partial charge is 0.309 e. The first-order valence-corrected chi connectivity index (χ1v) is 18.5. The first-order chi connectivity index (χ1) is 24.7. The van der Waals surface area contributed by atoms with Crippen LogP contribution in [0.25, 0.3) is 33.4 Å². The molecule has 3 N–H and O–H groups in total. The number of aryl methyl sites for hydroxylation is 2. The van der Waals surface area contributed by atoms with Crippen molar-refractivity contribution in [1.82, 2.24) is 15.5 Å². The Balaban J connectivity index is 1.09. The van der Waals surface area contributed by atoms with Gasteiger partial charge in [0.25, 0.3) is 0 Å². The molecule has 0 bridgehead atoms. The number of halogens is 2. The molecule has 2 saturated heterocycles. The zero-order chi connectivity index (χ0) is 35.4. The van der Waals surface area contributed by atoms with Crippen molar-refractivity contribution in [2.75, 3.05) is 33.9 Å². The van der Waals surface area contributed by atoms with E-state index in [1.54, 1.807) is 14.2 Å². The number of aliphatic carboxylic acids is 1. The molecule has 4 aromatic carbocycles. The van der Waals surface area contributed by atoms with Gasteiger partial charge in [0.05, 0.1) is 30.2 Å². The first kappa shape index (κ1) is 34.0. The third-order valence-electron chi connectivity index (χ3n) is 11.3. The number of carbonyl (C=O) groups is 2. The summed E-state index contributed by atoms with van der Waals surface area (Å²) in [5.41, 5.74) is 10.2. The molecule has 2 fully saturated rings. The minimum atomic E-state index is -0.728. The quantitative estimate of drug-likeness (QED) is 0.153. The number of fused-ring (bicyclic) bond motifs is 2. The maximum Gasteiger partial charge on any atom is 0.309 e. The number of nitrogens with one attached hydrogen (secondary N) is 2. The highest BCUT2D eigenvalue weighted by molar-refractivity contribution is 6.39. The van der Waals surface area contributed by atoms with Crippen molar-refractivity contribution in [2.24, 2.45) is 5.92 Å². The van der Waals surface area contributed by atoms with Crippen molar-refractivity contribution >= 4 is 35.1 Å². The maximum absolute atomic E-state index is 11.7. The van der Waals surface area contributed by atoms with Crippen LogP contribution in [0.1, 0.15) is 60.0 Å². The number of carboxylic acid groups (broad SMARTS) is 1. The van der Waals surface area contributed by atoms with Crippen molar-refractivity contribution < 1.29 is 24.2 Å². The average molecular weight is 727 g/mol. The number of methoxy groups -OCH3 is 2. The molecule has 0 unspecified atom stereocenters. The second kappa shape index (κ2) is 13.8. The molecule has 10 heteroatoms. The number of ether oxygens (including phenoxy) is 2. The molecule has 4 aliphatic rings. The molecule has 0 saturated carbocycles. The number of hydrogen-bond acceptors (Lipinski definition) is 6. The van der Waals surface area contributed by atoms with E-state index in [-0.39, 0.29) is 30.0 Å². The molecule has 2 aliphatic carbocycles. The van der Waals surface area contributed by atoms with Gasteiger partial charge in [-0.3, -0.25) is 14.5 Å². The highest BCUT2D eigenvalue weighted by Crippen LogP contribution is 2.49. The minimum absolute atomic E-state index is 0.127. The largest absolute Gasteiger partial charge is 0.496 e. The number of nitrogens with zero attached hydrogens (tertiary/aromatic N) is 1. The number of carbonyl (C=O) groups excluding carboxylic acids is 1. The van der Waals surface area contributed by atoms with Crippen LogP contribution in [0.2, 0.25) is 10.0 Å². The SMILES string of the molecule is COc1cc(-c2cccc(-c3cccc(-c4cc5c(c(OC)c4)[C@@H](N4CC(C(=O)O)C4)CC5)c3Cl)c2Cl)cc2c1[C@H](NC[C@@H]1CCC(=O)N1)CC2. The monoisotopic (exact) mass is 725 g/mol. The van der Waals surface area contributed by atoms with E-state index in [9.17, 15) is 14.7 Å². The molecule has 0 aromatic heterocycles. The minimum Gasteiger partial charge on any atom is -0.496 e. The molecule has 2 aliphatic heterocycles. The van der Waals surface area contributed by atoms with Crippen molar-refractivity contribution in [1.29, 1.82) is 0 Å². The lowest BCUT2D eigenvalue weighted by Gasteiger charge is -2.41.